The molecule has 1 fully saturated rings. The lowest BCUT2D eigenvalue weighted by atomic mass is 10.1. The van der Waals surface area contributed by atoms with Crippen molar-refractivity contribution in [1.82, 2.24) is 5.32 Å². The Labute approximate surface area is 114 Å². The van der Waals surface area contributed by atoms with Gasteiger partial charge in [-0.05, 0) is 31.5 Å². The minimum Gasteiger partial charge on any atom is -0.356 e. The summed E-state index contributed by atoms with van der Waals surface area (Å²) in [7, 11) is 0. The SMILES string of the molecule is CCNC(=O)[C@H]1CCN(c2cccc(Br)c2)C1=O. The van der Waals surface area contributed by atoms with E-state index in [-0.39, 0.29) is 11.8 Å². The molecule has 2 amide bonds. The smallest absolute Gasteiger partial charge is 0.239 e. The molecule has 96 valence electrons. The van der Waals surface area contributed by atoms with Crippen LogP contribution in [0, 0.1) is 5.92 Å². The molecule has 0 unspecified atom stereocenters. The van der Waals surface area contributed by atoms with Crippen molar-refractivity contribution in [2.45, 2.75) is 13.3 Å². The van der Waals surface area contributed by atoms with Crippen LogP contribution in [0.4, 0.5) is 5.69 Å². The van der Waals surface area contributed by atoms with Crippen molar-refractivity contribution in [1.29, 1.82) is 0 Å². The van der Waals surface area contributed by atoms with E-state index in [9.17, 15) is 9.59 Å². The Morgan fingerprint density at radius 3 is 3.00 bits per heavy atom. The summed E-state index contributed by atoms with van der Waals surface area (Å²) in [6.45, 7) is 3.00. The summed E-state index contributed by atoms with van der Waals surface area (Å²) in [6, 6.07) is 7.55. The van der Waals surface area contributed by atoms with Gasteiger partial charge >= 0.3 is 0 Å². The highest BCUT2D eigenvalue weighted by Crippen LogP contribution is 2.27. The Bertz CT molecular complexity index is 476. The molecule has 0 radical (unpaired) electrons. The largest absolute Gasteiger partial charge is 0.356 e. The van der Waals surface area contributed by atoms with Crippen LogP contribution in [0.5, 0.6) is 0 Å². The predicted molar refractivity (Wildman–Crippen MR) is 73.3 cm³/mol. The highest BCUT2D eigenvalue weighted by atomic mass is 79.9. The monoisotopic (exact) mass is 310 g/mol. The molecule has 0 bridgehead atoms. The summed E-state index contributed by atoms with van der Waals surface area (Å²) in [5.74, 6) is -0.817. The average Bonchev–Trinajstić information content (AvgIpc) is 2.71. The van der Waals surface area contributed by atoms with Gasteiger partial charge < -0.3 is 10.2 Å². The first-order valence-electron chi connectivity index (χ1n) is 5.98. The molecular weight excluding hydrogens is 296 g/mol. The van der Waals surface area contributed by atoms with Gasteiger partial charge in [-0.15, -0.1) is 0 Å². The average molecular weight is 311 g/mol. The topological polar surface area (TPSA) is 49.4 Å². The first kappa shape index (κ1) is 13.1. The van der Waals surface area contributed by atoms with Gasteiger partial charge in [0.25, 0.3) is 0 Å². The molecule has 1 saturated heterocycles. The Hall–Kier alpha value is -1.36. The molecule has 0 aliphatic carbocycles. The number of anilines is 1. The molecule has 1 heterocycles. The summed E-state index contributed by atoms with van der Waals surface area (Å²) in [6.07, 6.45) is 0.581. The minimum absolute atomic E-state index is 0.112. The van der Waals surface area contributed by atoms with Crippen molar-refractivity contribution in [2.75, 3.05) is 18.0 Å². The van der Waals surface area contributed by atoms with Crippen LogP contribution < -0.4 is 10.2 Å². The van der Waals surface area contributed by atoms with Gasteiger partial charge in [-0.3, -0.25) is 9.59 Å². The maximum Gasteiger partial charge on any atom is 0.239 e. The number of nitrogens with one attached hydrogen (secondary N) is 1. The number of benzene rings is 1. The first-order chi connectivity index (χ1) is 8.63. The third-order valence-corrected chi connectivity index (χ3v) is 3.49. The summed E-state index contributed by atoms with van der Waals surface area (Å²) in [5.41, 5.74) is 0.834. The van der Waals surface area contributed by atoms with Gasteiger partial charge in [0, 0.05) is 23.2 Å². The number of amides is 2. The van der Waals surface area contributed by atoms with E-state index in [1.54, 1.807) is 4.90 Å². The molecular formula is C13H15BrN2O2. The zero-order valence-electron chi connectivity index (χ0n) is 10.1. The summed E-state index contributed by atoms with van der Waals surface area (Å²) < 4.78 is 0.925. The second-order valence-electron chi connectivity index (χ2n) is 4.21. The Morgan fingerprint density at radius 2 is 2.33 bits per heavy atom. The van der Waals surface area contributed by atoms with Gasteiger partial charge in [0.1, 0.15) is 5.92 Å². The highest BCUT2D eigenvalue weighted by molar-refractivity contribution is 9.10. The molecule has 0 saturated carbocycles. The minimum atomic E-state index is -0.538. The van der Waals surface area contributed by atoms with Crippen LogP contribution >= 0.6 is 15.9 Å². The zero-order chi connectivity index (χ0) is 13.1. The van der Waals surface area contributed by atoms with Gasteiger partial charge in [0.2, 0.25) is 11.8 Å². The third-order valence-electron chi connectivity index (χ3n) is 2.99. The van der Waals surface area contributed by atoms with Gasteiger partial charge in [-0.25, -0.2) is 0 Å². The lowest BCUT2D eigenvalue weighted by Crippen LogP contribution is -2.36. The predicted octanol–water partition coefficient (Wildman–Crippen LogP) is 1.94. The van der Waals surface area contributed by atoms with Crippen LogP contribution in [0.15, 0.2) is 28.7 Å². The summed E-state index contributed by atoms with van der Waals surface area (Å²) in [4.78, 5) is 25.6. The second kappa shape index (κ2) is 5.52. The quantitative estimate of drug-likeness (QED) is 0.867. The van der Waals surface area contributed by atoms with Crippen LogP contribution in [-0.2, 0) is 9.59 Å². The molecule has 1 N–H and O–H groups in total. The number of halogens is 1. The molecule has 18 heavy (non-hydrogen) atoms. The van der Waals surface area contributed by atoms with Crippen LogP contribution in [0.3, 0.4) is 0 Å². The molecule has 4 nitrogen and oxygen atoms in total. The zero-order valence-corrected chi connectivity index (χ0v) is 11.7. The lowest BCUT2D eigenvalue weighted by Gasteiger charge is -2.16. The molecule has 1 aromatic carbocycles. The van der Waals surface area contributed by atoms with Crippen LogP contribution in [0.1, 0.15) is 13.3 Å². The lowest BCUT2D eigenvalue weighted by molar-refractivity contribution is -0.132. The molecule has 0 spiro atoms. The normalized spacial score (nSPS) is 19.1. The molecule has 2 rings (SSSR count). The molecule has 1 aliphatic rings. The van der Waals surface area contributed by atoms with E-state index in [0.717, 1.165) is 10.2 Å². The third kappa shape index (κ3) is 2.56. The Kier molecular flexibility index (Phi) is 4.01. The van der Waals surface area contributed by atoms with E-state index in [0.29, 0.717) is 19.5 Å². The number of nitrogens with zero attached hydrogens (tertiary/aromatic N) is 1. The van der Waals surface area contributed by atoms with E-state index < -0.39 is 5.92 Å². The van der Waals surface area contributed by atoms with Crippen molar-refractivity contribution in [3.05, 3.63) is 28.7 Å². The van der Waals surface area contributed by atoms with Crippen LogP contribution in [0.25, 0.3) is 0 Å². The van der Waals surface area contributed by atoms with Gasteiger partial charge in [0.05, 0.1) is 0 Å². The number of carbonyl (C=O) groups is 2. The second-order valence-corrected chi connectivity index (χ2v) is 5.12. The van der Waals surface area contributed by atoms with Crippen LogP contribution in [-0.4, -0.2) is 24.9 Å². The Morgan fingerprint density at radius 1 is 1.56 bits per heavy atom. The number of rotatable bonds is 3. The van der Waals surface area contributed by atoms with Crippen molar-refractivity contribution < 1.29 is 9.59 Å². The van der Waals surface area contributed by atoms with Crippen molar-refractivity contribution in [3.8, 4) is 0 Å². The molecule has 0 aromatic heterocycles. The van der Waals surface area contributed by atoms with Crippen LogP contribution in [0.2, 0.25) is 0 Å². The maximum atomic E-state index is 12.2. The fourth-order valence-corrected chi connectivity index (χ4v) is 2.51. The van der Waals surface area contributed by atoms with E-state index in [2.05, 4.69) is 21.2 Å². The van der Waals surface area contributed by atoms with E-state index in [1.165, 1.54) is 0 Å². The molecule has 5 heteroatoms. The van der Waals surface area contributed by atoms with Gasteiger partial charge in [-0.1, -0.05) is 22.0 Å². The maximum absolute atomic E-state index is 12.2. The van der Waals surface area contributed by atoms with Crippen molar-refractivity contribution >= 4 is 33.4 Å². The fraction of sp³-hybridized carbons (Fsp3) is 0.385. The van der Waals surface area contributed by atoms with Crippen molar-refractivity contribution in [3.63, 3.8) is 0 Å². The summed E-state index contributed by atoms with van der Waals surface area (Å²) >= 11 is 3.38. The first-order valence-corrected chi connectivity index (χ1v) is 6.77. The van der Waals surface area contributed by atoms with Gasteiger partial charge in [0.15, 0.2) is 0 Å². The Balaban J connectivity index is 2.14. The number of hydrogen-bond acceptors (Lipinski definition) is 2. The molecule has 1 aromatic rings. The molecule has 1 aliphatic heterocycles. The molecule has 1 atom stereocenters. The van der Waals surface area contributed by atoms with E-state index in [4.69, 9.17) is 0 Å². The number of hydrogen-bond donors (Lipinski definition) is 1. The summed E-state index contributed by atoms with van der Waals surface area (Å²) in [5, 5.41) is 2.71. The number of carbonyl (C=O) groups excluding carboxylic acids is 2. The van der Waals surface area contributed by atoms with E-state index in [1.807, 2.05) is 31.2 Å². The standard InChI is InChI=1S/C13H15BrN2O2/c1-2-15-12(17)11-6-7-16(13(11)18)10-5-3-4-9(14)8-10/h3-5,8,11H,2,6-7H2,1H3,(H,15,17)/t11-/m1/s1. The van der Waals surface area contributed by atoms with Gasteiger partial charge in [-0.2, -0.15) is 0 Å². The van der Waals surface area contributed by atoms with Crippen molar-refractivity contribution in [2.24, 2.45) is 5.92 Å². The highest BCUT2D eigenvalue weighted by Gasteiger charge is 2.37. The van der Waals surface area contributed by atoms with E-state index >= 15 is 0 Å². The fourth-order valence-electron chi connectivity index (χ4n) is 2.12.